The third-order valence-corrected chi connectivity index (χ3v) is 3.64. The number of fused-ring (bicyclic) bond motifs is 1. The summed E-state index contributed by atoms with van der Waals surface area (Å²) in [5.74, 6) is -0.585. The van der Waals surface area contributed by atoms with Crippen LogP contribution in [0.4, 0.5) is 4.39 Å². The van der Waals surface area contributed by atoms with Gasteiger partial charge in [-0.3, -0.25) is 4.79 Å². The van der Waals surface area contributed by atoms with Crippen LogP contribution in [0.15, 0.2) is 30.3 Å². The van der Waals surface area contributed by atoms with Gasteiger partial charge in [0.2, 0.25) is 0 Å². The normalized spacial score (nSPS) is 18.4. The molecule has 21 heavy (non-hydrogen) atoms. The maximum absolute atomic E-state index is 13.7. The number of piperidine rings is 1. The number of aromatic nitrogens is 1. The molecule has 0 aliphatic carbocycles. The highest BCUT2D eigenvalue weighted by Gasteiger charge is 2.23. The van der Waals surface area contributed by atoms with Crippen LogP contribution in [0, 0.1) is 5.82 Å². The molecule has 1 aromatic heterocycles. The second-order valence-corrected chi connectivity index (χ2v) is 5.16. The van der Waals surface area contributed by atoms with Crippen molar-refractivity contribution in [1.82, 2.24) is 9.88 Å². The van der Waals surface area contributed by atoms with Crippen molar-refractivity contribution in [3.8, 4) is 0 Å². The number of nitrogens with zero attached hydrogens (tertiary/aromatic N) is 2. The molecule has 2 N–H and O–H groups in total. The molecule has 112 valence electrons. The van der Waals surface area contributed by atoms with Crippen molar-refractivity contribution in [2.75, 3.05) is 13.1 Å². The van der Waals surface area contributed by atoms with Crippen LogP contribution in [0.25, 0.3) is 10.9 Å². The molecule has 1 fully saturated rings. The number of amides is 1. The lowest BCUT2D eigenvalue weighted by Gasteiger charge is -2.30. The van der Waals surface area contributed by atoms with Gasteiger partial charge in [0, 0.05) is 24.5 Å². The summed E-state index contributed by atoms with van der Waals surface area (Å²) in [4.78, 5) is 18.3. The maximum Gasteiger partial charge on any atom is 0.272 e. The van der Waals surface area contributed by atoms with Crippen LogP contribution in [-0.4, -0.2) is 34.9 Å². The SMILES string of the molecule is Cl.N[C@H]1CCCN(C(=O)c2ccc3cccc(F)c3n2)C1. The first-order valence-corrected chi connectivity index (χ1v) is 6.75. The van der Waals surface area contributed by atoms with Crippen LogP contribution in [0.3, 0.4) is 0 Å². The van der Waals surface area contributed by atoms with E-state index in [-0.39, 0.29) is 35.6 Å². The number of para-hydroxylation sites is 1. The lowest BCUT2D eigenvalue weighted by atomic mass is 10.1. The van der Waals surface area contributed by atoms with Gasteiger partial charge in [-0.25, -0.2) is 9.37 Å². The summed E-state index contributed by atoms with van der Waals surface area (Å²) < 4.78 is 13.7. The molecule has 6 heteroatoms. The van der Waals surface area contributed by atoms with Gasteiger partial charge in [-0.05, 0) is 25.0 Å². The van der Waals surface area contributed by atoms with E-state index in [2.05, 4.69) is 4.98 Å². The highest BCUT2D eigenvalue weighted by atomic mass is 35.5. The van der Waals surface area contributed by atoms with Crippen LogP contribution >= 0.6 is 12.4 Å². The van der Waals surface area contributed by atoms with E-state index in [9.17, 15) is 9.18 Å². The zero-order valence-corrected chi connectivity index (χ0v) is 12.3. The van der Waals surface area contributed by atoms with Crippen LogP contribution in [0.2, 0.25) is 0 Å². The van der Waals surface area contributed by atoms with Gasteiger partial charge in [0.05, 0.1) is 0 Å². The number of pyridine rings is 1. The Hall–Kier alpha value is -1.72. The van der Waals surface area contributed by atoms with Crippen molar-refractivity contribution in [3.63, 3.8) is 0 Å². The Morgan fingerprint density at radius 3 is 2.90 bits per heavy atom. The molecule has 1 saturated heterocycles. The van der Waals surface area contributed by atoms with E-state index in [1.807, 2.05) is 0 Å². The minimum absolute atomic E-state index is 0. The lowest BCUT2D eigenvalue weighted by molar-refractivity contribution is 0.0703. The predicted molar refractivity (Wildman–Crippen MR) is 82.1 cm³/mol. The minimum Gasteiger partial charge on any atom is -0.336 e. The van der Waals surface area contributed by atoms with Gasteiger partial charge < -0.3 is 10.6 Å². The highest BCUT2D eigenvalue weighted by molar-refractivity contribution is 5.95. The third-order valence-electron chi connectivity index (χ3n) is 3.64. The summed E-state index contributed by atoms with van der Waals surface area (Å²) in [5.41, 5.74) is 6.39. The monoisotopic (exact) mass is 309 g/mol. The number of halogens is 2. The molecular formula is C15H17ClFN3O. The Labute approximate surface area is 128 Å². The molecule has 0 radical (unpaired) electrons. The zero-order chi connectivity index (χ0) is 14.1. The Morgan fingerprint density at radius 1 is 1.33 bits per heavy atom. The average Bonchev–Trinajstić information content (AvgIpc) is 2.47. The van der Waals surface area contributed by atoms with E-state index in [4.69, 9.17) is 5.73 Å². The van der Waals surface area contributed by atoms with Crippen LogP contribution < -0.4 is 5.73 Å². The number of carbonyl (C=O) groups excluding carboxylic acids is 1. The van der Waals surface area contributed by atoms with Gasteiger partial charge >= 0.3 is 0 Å². The number of rotatable bonds is 1. The standard InChI is InChI=1S/C15H16FN3O.ClH/c16-12-5-1-3-10-6-7-13(18-14(10)12)15(20)19-8-2-4-11(17)9-19;/h1,3,5-7,11H,2,4,8-9,17H2;1H/t11-;/m0./s1. The number of hydrogen-bond acceptors (Lipinski definition) is 3. The molecule has 0 saturated carbocycles. The summed E-state index contributed by atoms with van der Waals surface area (Å²) in [6.45, 7) is 1.22. The molecule has 1 aromatic carbocycles. The molecule has 1 aliphatic heterocycles. The van der Waals surface area contributed by atoms with Crippen molar-refractivity contribution < 1.29 is 9.18 Å². The molecule has 2 aromatic rings. The fourth-order valence-electron chi connectivity index (χ4n) is 2.59. The molecule has 4 nitrogen and oxygen atoms in total. The van der Waals surface area contributed by atoms with E-state index < -0.39 is 5.82 Å². The molecule has 2 heterocycles. The number of likely N-dealkylation sites (tertiary alicyclic amines) is 1. The fourth-order valence-corrected chi connectivity index (χ4v) is 2.59. The fraction of sp³-hybridized carbons (Fsp3) is 0.333. The van der Waals surface area contributed by atoms with E-state index >= 15 is 0 Å². The van der Waals surface area contributed by atoms with Crippen LogP contribution in [0.5, 0.6) is 0 Å². The van der Waals surface area contributed by atoms with Crippen LogP contribution in [0.1, 0.15) is 23.3 Å². The Balaban J connectivity index is 0.00000161. The topological polar surface area (TPSA) is 59.2 Å². The molecule has 0 spiro atoms. The predicted octanol–water partition coefficient (Wildman–Crippen LogP) is 2.36. The van der Waals surface area contributed by atoms with Crippen molar-refractivity contribution in [1.29, 1.82) is 0 Å². The quantitative estimate of drug-likeness (QED) is 0.879. The summed E-state index contributed by atoms with van der Waals surface area (Å²) in [6.07, 6.45) is 1.83. The Morgan fingerprint density at radius 2 is 2.14 bits per heavy atom. The molecule has 1 amide bonds. The average molecular weight is 310 g/mol. The van der Waals surface area contributed by atoms with Gasteiger partial charge in [-0.1, -0.05) is 18.2 Å². The van der Waals surface area contributed by atoms with Crippen molar-refractivity contribution in [2.45, 2.75) is 18.9 Å². The summed E-state index contributed by atoms with van der Waals surface area (Å²) in [6, 6.07) is 8.14. The maximum atomic E-state index is 13.7. The van der Waals surface area contributed by atoms with E-state index in [1.165, 1.54) is 6.07 Å². The Bertz CT molecular complexity index is 664. The summed E-state index contributed by atoms with van der Waals surface area (Å²) >= 11 is 0. The van der Waals surface area contributed by atoms with Crippen molar-refractivity contribution in [2.24, 2.45) is 5.73 Å². The smallest absolute Gasteiger partial charge is 0.272 e. The van der Waals surface area contributed by atoms with Crippen LogP contribution in [-0.2, 0) is 0 Å². The number of nitrogens with two attached hydrogens (primary N) is 1. The second kappa shape index (κ2) is 6.37. The van der Waals surface area contributed by atoms with Crippen molar-refractivity contribution >= 4 is 29.2 Å². The minimum atomic E-state index is -0.410. The van der Waals surface area contributed by atoms with Gasteiger partial charge in [-0.2, -0.15) is 0 Å². The Kier molecular flexibility index (Phi) is 4.75. The molecule has 0 unspecified atom stereocenters. The lowest BCUT2D eigenvalue weighted by Crippen LogP contribution is -2.45. The van der Waals surface area contributed by atoms with Gasteiger partial charge in [-0.15, -0.1) is 12.4 Å². The van der Waals surface area contributed by atoms with Gasteiger partial charge in [0.1, 0.15) is 17.0 Å². The molecule has 1 atom stereocenters. The first-order valence-electron chi connectivity index (χ1n) is 6.75. The van der Waals surface area contributed by atoms with Crippen molar-refractivity contribution in [3.05, 3.63) is 41.8 Å². The first-order chi connectivity index (χ1) is 9.65. The summed E-state index contributed by atoms with van der Waals surface area (Å²) in [5, 5.41) is 0.692. The number of carbonyl (C=O) groups is 1. The largest absolute Gasteiger partial charge is 0.336 e. The van der Waals surface area contributed by atoms with Gasteiger partial charge in [0.15, 0.2) is 0 Å². The molecule has 0 bridgehead atoms. The van der Waals surface area contributed by atoms with E-state index in [0.29, 0.717) is 18.5 Å². The van der Waals surface area contributed by atoms with E-state index in [1.54, 1.807) is 29.2 Å². The molecule has 1 aliphatic rings. The zero-order valence-electron chi connectivity index (χ0n) is 11.5. The number of benzene rings is 1. The van der Waals surface area contributed by atoms with Gasteiger partial charge in [0.25, 0.3) is 5.91 Å². The molecule has 3 rings (SSSR count). The highest BCUT2D eigenvalue weighted by Crippen LogP contribution is 2.18. The summed E-state index contributed by atoms with van der Waals surface area (Å²) in [7, 11) is 0. The second-order valence-electron chi connectivity index (χ2n) is 5.16. The third kappa shape index (κ3) is 3.14. The first kappa shape index (κ1) is 15.7. The molecular weight excluding hydrogens is 293 g/mol. The number of hydrogen-bond donors (Lipinski definition) is 1. The van der Waals surface area contributed by atoms with E-state index in [0.717, 1.165) is 12.8 Å².